The number of rotatable bonds is 12. The Bertz CT molecular complexity index is 1330. The Kier molecular flexibility index (Phi) is 9.17. The Balaban J connectivity index is 1.30. The van der Waals surface area contributed by atoms with Crippen LogP contribution < -0.4 is 10.1 Å². The fourth-order valence-corrected chi connectivity index (χ4v) is 5.66. The van der Waals surface area contributed by atoms with Crippen LogP contribution in [0.3, 0.4) is 0 Å². The number of piperidine rings is 3. The molecule has 214 valence electrons. The van der Waals surface area contributed by atoms with Gasteiger partial charge >= 0.3 is 5.97 Å². The van der Waals surface area contributed by atoms with E-state index in [2.05, 4.69) is 16.8 Å². The Labute approximate surface area is 241 Å². The van der Waals surface area contributed by atoms with Crippen LogP contribution >= 0.6 is 0 Å². The van der Waals surface area contributed by atoms with E-state index in [0.29, 0.717) is 47.2 Å². The van der Waals surface area contributed by atoms with Gasteiger partial charge < -0.3 is 19.9 Å². The summed E-state index contributed by atoms with van der Waals surface area (Å²) in [6, 6.07) is 22.5. The van der Waals surface area contributed by atoms with Crippen LogP contribution in [0.4, 0.5) is 5.69 Å². The van der Waals surface area contributed by atoms with E-state index in [4.69, 9.17) is 9.47 Å². The number of aliphatic hydroxyl groups is 1. The van der Waals surface area contributed by atoms with Gasteiger partial charge in [0, 0.05) is 23.4 Å². The predicted octanol–water partition coefficient (Wildman–Crippen LogP) is 5.55. The van der Waals surface area contributed by atoms with Gasteiger partial charge in [-0.05, 0) is 93.1 Å². The van der Waals surface area contributed by atoms with Gasteiger partial charge in [-0.15, -0.1) is 6.58 Å². The van der Waals surface area contributed by atoms with Crippen molar-refractivity contribution in [1.82, 2.24) is 4.90 Å². The molecule has 3 fully saturated rings. The summed E-state index contributed by atoms with van der Waals surface area (Å²) >= 11 is 0. The summed E-state index contributed by atoms with van der Waals surface area (Å²) in [6.45, 7) is 7.07. The smallest absolute Gasteiger partial charge is 0.348 e. The molecule has 2 bridgehead atoms. The Hall–Kier alpha value is -3.94. The summed E-state index contributed by atoms with van der Waals surface area (Å²) in [4.78, 5) is 29.1. The molecule has 0 radical (unpaired) electrons. The number of hydrogen-bond acceptors (Lipinski definition) is 6. The van der Waals surface area contributed by atoms with Crippen LogP contribution in [-0.4, -0.2) is 54.2 Å². The normalized spacial score (nSPS) is 21.0. The number of nitrogens with one attached hydrogen (secondary N) is 1. The van der Waals surface area contributed by atoms with E-state index in [9.17, 15) is 14.7 Å². The zero-order chi connectivity index (χ0) is 28.7. The van der Waals surface area contributed by atoms with E-state index in [1.807, 2.05) is 12.1 Å². The lowest BCUT2D eigenvalue weighted by Crippen LogP contribution is -2.53. The number of hydrogen-bond donors (Lipinski definition) is 2. The number of benzene rings is 3. The fourth-order valence-electron chi connectivity index (χ4n) is 5.66. The minimum Gasteiger partial charge on any atom is -0.494 e. The zero-order valence-electron chi connectivity index (χ0n) is 23.3. The minimum atomic E-state index is -2.03. The highest BCUT2D eigenvalue weighted by atomic mass is 16.6. The number of carbonyl (C=O) groups excluding carboxylic acids is 2. The average Bonchev–Trinajstić information content (AvgIpc) is 3.02. The molecule has 1 amide bonds. The molecule has 41 heavy (non-hydrogen) atoms. The third-order valence-electron chi connectivity index (χ3n) is 8.07. The largest absolute Gasteiger partial charge is 0.494 e. The van der Waals surface area contributed by atoms with Gasteiger partial charge in [0.15, 0.2) is 0 Å². The maximum atomic E-state index is 13.7. The molecule has 0 aromatic heterocycles. The molecule has 2 N–H and O–H groups in total. The summed E-state index contributed by atoms with van der Waals surface area (Å²) in [7, 11) is 0. The van der Waals surface area contributed by atoms with E-state index in [1.54, 1.807) is 72.8 Å². The fraction of sp³-hybridized carbons (Fsp3) is 0.353. The number of amides is 1. The lowest BCUT2D eigenvalue weighted by Gasteiger charge is -2.44. The van der Waals surface area contributed by atoms with Crippen LogP contribution in [0, 0.1) is 5.92 Å². The van der Waals surface area contributed by atoms with Gasteiger partial charge in [0.2, 0.25) is 5.60 Å². The van der Waals surface area contributed by atoms with E-state index >= 15 is 0 Å². The maximum Gasteiger partial charge on any atom is 0.348 e. The molecule has 6 rings (SSSR count). The molecule has 0 spiro atoms. The van der Waals surface area contributed by atoms with Crippen molar-refractivity contribution in [1.29, 1.82) is 0 Å². The van der Waals surface area contributed by atoms with E-state index in [1.165, 1.54) is 0 Å². The summed E-state index contributed by atoms with van der Waals surface area (Å²) < 4.78 is 11.8. The molecule has 3 aromatic carbocycles. The third kappa shape index (κ3) is 6.69. The van der Waals surface area contributed by atoms with Crippen molar-refractivity contribution < 1.29 is 24.2 Å². The molecule has 3 aliphatic heterocycles. The first-order valence-corrected chi connectivity index (χ1v) is 14.4. The molecule has 0 aliphatic carbocycles. The van der Waals surface area contributed by atoms with E-state index < -0.39 is 11.6 Å². The van der Waals surface area contributed by atoms with Gasteiger partial charge in [0.1, 0.15) is 11.9 Å². The van der Waals surface area contributed by atoms with Crippen LogP contribution in [0.1, 0.15) is 53.6 Å². The molecule has 7 nitrogen and oxygen atoms in total. The second-order valence-electron chi connectivity index (χ2n) is 10.9. The lowest BCUT2D eigenvalue weighted by molar-refractivity contribution is -0.177. The van der Waals surface area contributed by atoms with Gasteiger partial charge in [-0.2, -0.15) is 0 Å². The molecule has 0 saturated carbocycles. The van der Waals surface area contributed by atoms with E-state index in [-0.39, 0.29) is 12.0 Å². The first-order valence-electron chi connectivity index (χ1n) is 14.4. The molecular formula is C34H38N2O5. The number of allylic oxidation sites excluding steroid dienone is 1. The molecule has 3 aromatic rings. The molecular weight excluding hydrogens is 516 g/mol. The molecule has 3 saturated heterocycles. The highest BCUT2D eigenvalue weighted by Gasteiger charge is 2.45. The first kappa shape index (κ1) is 28.6. The zero-order valence-corrected chi connectivity index (χ0v) is 23.3. The Morgan fingerprint density at radius 2 is 1.71 bits per heavy atom. The number of unbranched alkanes of at least 4 members (excludes halogenated alkanes) is 2. The Morgan fingerprint density at radius 1 is 0.976 bits per heavy atom. The predicted molar refractivity (Wildman–Crippen MR) is 159 cm³/mol. The second-order valence-corrected chi connectivity index (χ2v) is 10.9. The molecule has 2 atom stereocenters. The topological polar surface area (TPSA) is 88.1 Å². The van der Waals surface area contributed by atoms with Crippen molar-refractivity contribution in [2.75, 3.05) is 31.6 Å². The van der Waals surface area contributed by atoms with Crippen molar-refractivity contribution in [2.45, 2.75) is 43.8 Å². The van der Waals surface area contributed by atoms with Gasteiger partial charge in [0.05, 0.1) is 6.61 Å². The molecule has 3 aliphatic rings. The molecule has 1 unspecified atom stereocenters. The standard InChI is InChI=1S/C34H38N2O5/c1-2-3-4-8-22-40-30-16-14-26(15-17-30)32(37)35-29-13-9-12-28(23-29)34(39,27-10-6-5-7-11-27)33(38)41-31-24-36-20-18-25(31)19-21-36/h2,5-7,9-17,23,25,31,39H,1,3-4,8,18-22,24H2,(H,35,37)/t31-,34?/m0/s1. The van der Waals surface area contributed by atoms with Gasteiger partial charge in [-0.3, -0.25) is 9.69 Å². The quantitative estimate of drug-likeness (QED) is 0.174. The number of esters is 1. The summed E-state index contributed by atoms with van der Waals surface area (Å²) in [5.41, 5.74) is -0.365. The highest BCUT2D eigenvalue weighted by Crippen LogP contribution is 2.36. The average molecular weight is 555 g/mol. The minimum absolute atomic E-state index is 0.248. The van der Waals surface area contributed by atoms with Gasteiger partial charge in [-0.1, -0.05) is 48.5 Å². The maximum absolute atomic E-state index is 13.7. The van der Waals surface area contributed by atoms with Crippen LogP contribution in [-0.2, 0) is 15.1 Å². The first-order chi connectivity index (χ1) is 20.0. The van der Waals surface area contributed by atoms with Gasteiger partial charge in [0.25, 0.3) is 5.91 Å². The lowest BCUT2D eigenvalue weighted by atomic mass is 9.84. The molecule has 3 heterocycles. The summed E-state index contributed by atoms with van der Waals surface area (Å²) in [5, 5.41) is 14.9. The molecule has 7 heteroatoms. The van der Waals surface area contributed by atoms with Crippen molar-refractivity contribution in [3.8, 4) is 5.75 Å². The van der Waals surface area contributed by atoms with Crippen LogP contribution in [0.25, 0.3) is 0 Å². The van der Waals surface area contributed by atoms with Crippen molar-refractivity contribution in [3.05, 3.63) is 108 Å². The number of ether oxygens (including phenoxy) is 2. The van der Waals surface area contributed by atoms with Crippen LogP contribution in [0.15, 0.2) is 91.5 Å². The summed E-state index contributed by atoms with van der Waals surface area (Å²) in [6.07, 6.45) is 6.57. The SMILES string of the molecule is C=CCCCCOc1ccc(C(=O)Nc2cccc(C(O)(C(=O)O[C@H]3CN4CCC3CC4)c3ccccc3)c2)cc1. The summed E-state index contributed by atoms with van der Waals surface area (Å²) in [5.74, 6) is 0.00372. The number of carbonyl (C=O) groups is 2. The van der Waals surface area contributed by atoms with Gasteiger partial charge in [-0.25, -0.2) is 4.79 Å². The van der Waals surface area contributed by atoms with Crippen molar-refractivity contribution in [3.63, 3.8) is 0 Å². The number of anilines is 1. The Morgan fingerprint density at radius 3 is 2.39 bits per heavy atom. The highest BCUT2D eigenvalue weighted by molar-refractivity contribution is 6.04. The van der Waals surface area contributed by atoms with E-state index in [0.717, 1.165) is 45.2 Å². The van der Waals surface area contributed by atoms with Crippen LogP contribution in [0.2, 0.25) is 0 Å². The van der Waals surface area contributed by atoms with Crippen LogP contribution in [0.5, 0.6) is 5.75 Å². The number of nitrogens with zero attached hydrogens (tertiary/aromatic N) is 1. The second kappa shape index (κ2) is 13.1. The van der Waals surface area contributed by atoms with Crippen molar-refractivity contribution >= 4 is 17.6 Å². The number of fused-ring (bicyclic) bond motifs is 3. The monoisotopic (exact) mass is 554 g/mol. The van der Waals surface area contributed by atoms with Crippen molar-refractivity contribution in [2.24, 2.45) is 5.92 Å². The third-order valence-corrected chi connectivity index (χ3v) is 8.07.